The first kappa shape index (κ1) is 11.4. The molecule has 0 aromatic heterocycles. The van der Waals surface area contributed by atoms with Gasteiger partial charge in [0.15, 0.2) is 0 Å². The highest BCUT2D eigenvalue weighted by Crippen LogP contribution is 2.42. The van der Waals surface area contributed by atoms with E-state index in [4.69, 9.17) is 5.26 Å². The van der Waals surface area contributed by atoms with E-state index in [1.165, 1.54) is 4.67 Å². The molecule has 0 saturated carbocycles. The Labute approximate surface area is 87.3 Å². The number of nitrogens with zero attached hydrogens (tertiary/aromatic N) is 4. The van der Waals surface area contributed by atoms with Gasteiger partial charge in [-0.05, 0) is 18.7 Å². The molecule has 14 heavy (non-hydrogen) atoms. The Morgan fingerprint density at radius 3 is 2.71 bits per heavy atom. The van der Waals surface area contributed by atoms with Crippen molar-refractivity contribution in [2.24, 2.45) is 4.99 Å². The molecular formula is C6H11N4O2PS. The predicted octanol–water partition coefficient (Wildman–Crippen LogP) is -0.330. The molecule has 0 bridgehead atoms. The normalized spacial score (nSPS) is 20.3. The topological polar surface area (TPSA) is 83.1 Å². The molecule has 1 heterocycles. The minimum atomic E-state index is -3.51. The molecule has 0 radical (unpaired) electrons. The summed E-state index contributed by atoms with van der Waals surface area (Å²) in [7, 11) is 0. The van der Waals surface area contributed by atoms with Gasteiger partial charge in [-0.1, -0.05) is 0 Å². The van der Waals surface area contributed by atoms with Gasteiger partial charge in [0, 0.05) is 19.6 Å². The lowest BCUT2D eigenvalue weighted by atomic mass is 10.6. The maximum absolute atomic E-state index is 9.32. The van der Waals surface area contributed by atoms with Gasteiger partial charge in [0.2, 0.25) is 12.2 Å². The average Bonchev–Trinajstić information content (AvgIpc) is 2.47. The first-order chi connectivity index (χ1) is 6.50. The largest absolute Gasteiger partial charge is 0.340 e. The van der Waals surface area contributed by atoms with Crippen LogP contribution in [0.1, 0.15) is 6.92 Å². The number of likely N-dealkylation sites (N-methyl/N-ethyl adjacent to an activating group) is 1. The van der Waals surface area contributed by atoms with Crippen molar-refractivity contribution in [3.63, 3.8) is 0 Å². The lowest BCUT2D eigenvalue weighted by Crippen LogP contribution is -2.31. The molecular weight excluding hydrogens is 223 g/mol. The maximum atomic E-state index is 9.32. The minimum Gasteiger partial charge on any atom is -0.340 e. The number of hydrogen-bond donors (Lipinski definition) is 2. The zero-order valence-corrected chi connectivity index (χ0v) is 9.37. The van der Waals surface area contributed by atoms with Crippen molar-refractivity contribution in [2.75, 3.05) is 19.6 Å². The Morgan fingerprint density at radius 1 is 1.64 bits per heavy atom. The Hall–Kier alpha value is -0.670. The fourth-order valence-electron chi connectivity index (χ4n) is 1.30. The van der Waals surface area contributed by atoms with E-state index in [9.17, 15) is 9.79 Å². The van der Waals surface area contributed by atoms with Gasteiger partial charge < -0.3 is 14.7 Å². The second kappa shape index (κ2) is 4.24. The van der Waals surface area contributed by atoms with Gasteiger partial charge in [-0.3, -0.25) is 4.67 Å². The van der Waals surface area contributed by atoms with Crippen LogP contribution in [-0.2, 0) is 11.8 Å². The van der Waals surface area contributed by atoms with Crippen molar-refractivity contribution in [1.29, 1.82) is 5.26 Å². The Bertz CT molecular complexity index is 333. The molecule has 0 aromatic carbocycles. The molecule has 2 N–H and O–H groups in total. The smallest absolute Gasteiger partial charge is 0.287 e. The van der Waals surface area contributed by atoms with Gasteiger partial charge in [-0.2, -0.15) is 5.26 Å². The summed E-state index contributed by atoms with van der Waals surface area (Å²) in [5.41, 5.74) is 0. The van der Waals surface area contributed by atoms with Crippen molar-refractivity contribution in [3.05, 3.63) is 0 Å². The van der Waals surface area contributed by atoms with E-state index in [1.54, 1.807) is 11.1 Å². The van der Waals surface area contributed by atoms with Crippen molar-refractivity contribution < 1.29 is 9.79 Å². The predicted molar refractivity (Wildman–Crippen MR) is 55.7 cm³/mol. The number of nitriles is 1. The van der Waals surface area contributed by atoms with Crippen LogP contribution in [0.5, 0.6) is 0 Å². The van der Waals surface area contributed by atoms with Crippen LogP contribution in [0.3, 0.4) is 0 Å². The van der Waals surface area contributed by atoms with Crippen molar-refractivity contribution in [1.82, 2.24) is 9.57 Å². The average molecular weight is 234 g/mol. The number of rotatable bonds is 2. The summed E-state index contributed by atoms with van der Waals surface area (Å²) in [6.07, 6.45) is 1.63. The highest BCUT2D eigenvalue weighted by Gasteiger charge is 2.33. The first-order valence-corrected chi connectivity index (χ1v) is 6.72. The van der Waals surface area contributed by atoms with E-state index in [2.05, 4.69) is 16.8 Å². The summed E-state index contributed by atoms with van der Waals surface area (Å²) in [5, 5.41) is 8.45. The Kier molecular flexibility index (Phi) is 3.45. The molecule has 8 heteroatoms. The molecule has 1 aliphatic heterocycles. The Balaban J connectivity index is 2.97. The summed E-state index contributed by atoms with van der Waals surface area (Å²) in [5.74, 6) is 0.267. The second-order valence-electron chi connectivity index (χ2n) is 2.73. The zero-order chi connectivity index (χ0) is 10.8. The van der Waals surface area contributed by atoms with E-state index < -0.39 is 6.64 Å². The summed E-state index contributed by atoms with van der Waals surface area (Å²) in [4.78, 5) is 23.9. The van der Waals surface area contributed by atoms with Crippen LogP contribution in [-0.4, -0.2) is 45.0 Å². The van der Waals surface area contributed by atoms with Crippen LogP contribution in [0.25, 0.3) is 0 Å². The van der Waals surface area contributed by atoms with Gasteiger partial charge in [-0.15, -0.1) is 4.99 Å². The first-order valence-electron chi connectivity index (χ1n) is 4.06. The van der Waals surface area contributed by atoms with E-state index in [0.717, 1.165) is 0 Å². The van der Waals surface area contributed by atoms with Crippen LogP contribution in [0, 0.1) is 11.5 Å². The van der Waals surface area contributed by atoms with Crippen LogP contribution in [0.15, 0.2) is 4.99 Å². The van der Waals surface area contributed by atoms with Gasteiger partial charge in [0.1, 0.15) is 0 Å². The maximum Gasteiger partial charge on any atom is 0.287 e. The van der Waals surface area contributed by atoms with Gasteiger partial charge in [-0.25, -0.2) is 0 Å². The molecule has 0 spiro atoms. The SMILES string of the molecule is CCN1CCN(P(O)(O)=S)/C1=N/C#N. The molecule has 1 fully saturated rings. The third kappa shape index (κ3) is 2.22. The third-order valence-corrected chi connectivity index (χ3v) is 3.54. The molecule has 0 amide bonds. The van der Waals surface area contributed by atoms with Gasteiger partial charge in [0.05, 0.1) is 0 Å². The molecule has 78 valence electrons. The molecule has 1 rings (SSSR count). The standard InChI is InChI=1S/C6H11N4O2PS/c1-2-9-3-4-10(13(11,12)14)6(9)8-5-7/h2-4H2,1H3,(H2,11,12,14)/b8-6+. The summed E-state index contributed by atoms with van der Waals surface area (Å²) in [6.45, 7) is 0.0590. The van der Waals surface area contributed by atoms with E-state index >= 15 is 0 Å². The molecule has 0 atom stereocenters. The summed E-state index contributed by atoms with van der Waals surface area (Å²) in [6, 6.07) is 0. The number of hydrogen-bond acceptors (Lipinski definition) is 3. The van der Waals surface area contributed by atoms with Crippen molar-refractivity contribution in [2.45, 2.75) is 6.92 Å². The highest BCUT2D eigenvalue weighted by atomic mass is 32.5. The van der Waals surface area contributed by atoms with Gasteiger partial charge >= 0.3 is 0 Å². The minimum absolute atomic E-state index is 0.267. The Morgan fingerprint density at radius 2 is 2.29 bits per heavy atom. The molecule has 6 nitrogen and oxygen atoms in total. The summed E-state index contributed by atoms with van der Waals surface area (Å²) < 4.78 is 1.22. The molecule has 1 aliphatic rings. The summed E-state index contributed by atoms with van der Waals surface area (Å²) >= 11 is 4.57. The van der Waals surface area contributed by atoms with Crippen LogP contribution in [0.4, 0.5) is 0 Å². The quantitative estimate of drug-likeness (QED) is 0.503. The van der Waals surface area contributed by atoms with E-state index in [-0.39, 0.29) is 5.96 Å². The zero-order valence-electron chi connectivity index (χ0n) is 7.66. The van der Waals surface area contributed by atoms with Crippen molar-refractivity contribution in [3.8, 4) is 6.19 Å². The fraction of sp³-hybridized carbons (Fsp3) is 0.667. The van der Waals surface area contributed by atoms with Crippen LogP contribution >= 0.6 is 6.64 Å². The van der Waals surface area contributed by atoms with Crippen LogP contribution < -0.4 is 0 Å². The third-order valence-electron chi connectivity index (χ3n) is 1.94. The second-order valence-corrected chi connectivity index (χ2v) is 5.71. The van der Waals surface area contributed by atoms with Crippen molar-refractivity contribution >= 4 is 24.4 Å². The van der Waals surface area contributed by atoms with Crippen LogP contribution in [0.2, 0.25) is 0 Å². The lowest BCUT2D eigenvalue weighted by Gasteiger charge is -2.23. The van der Waals surface area contributed by atoms with E-state index in [1.807, 2.05) is 6.92 Å². The monoisotopic (exact) mass is 234 g/mol. The number of guanidine groups is 1. The highest BCUT2D eigenvalue weighted by molar-refractivity contribution is 8.08. The molecule has 0 unspecified atom stereocenters. The molecule has 0 aromatic rings. The van der Waals surface area contributed by atoms with Gasteiger partial charge in [0.25, 0.3) is 6.64 Å². The number of aliphatic imine (C=N–C) groups is 1. The fourth-order valence-corrected chi connectivity index (χ4v) is 2.52. The molecule has 1 saturated heterocycles. The lowest BCUT2D eigenvalue weighted by molar-refractivity contribution is 0.419. The van der Waals surface area contributed by atoms with E-state index in [0.29, 0.717) is 19.6 Å². The molecule has 0 aliphatic carbocycles.